The standard InChI is InChI=1S/C24H31N3O3/c1-4-9-20(5-2)25-22(28)12-15-26-16-13-24(14-17-26)18-27(23(29)19(3)30-24)21-10-7-6-8-11-21/h4-11,19H,1-2,12-18H2,3H3,(H,25,28)/b20-9+. The quantitative estimate of drug-likeness (QED) is 0.703. The van der Waals surface area contributed by atoms with E-state index in [2.05, 4.69) is 23.4 Å². The summed E-state index contributed by atoms with van der Waals surface area (Å²) in [5, 5.41) is 2.84. The first-order valence-corrected chi connectivity index (χ1v) is 10.5. The van der Waals surface area contributed by atoms with Crippen LogP contribution in [-0.2, 0) is 14.3 Å². The monoisotopic (exact) mass is 409 g/mol. The molecule has 1 atom stereocenters. The maximum atomic E-state index is 12.7. The van der Waals surface area contributed by atoms with Gasteiger partial charge in [0.2, 0.25) is 5.91 Å². The molecule has 2 fully saturated rings. The molecule has 0 saturated carbocycles. The number of piperidine rings is 1. The van der Waals surface area contributed by atoms with E-state index in [-0.39, 0.29) is 17.4 Å². The van der Waals surface area contributed by atoms with Gasteiger partial charge in [-0.25, -0.2) is 0 Å². The lowest BCUT2D eigenvalue weighted by atomic mass is 9.88. The predicted octanol–water partition coefficient (Wildman–Crippen LogP) is 3.04. The molecule has 2 aliphatic heterocycles. The number of allylic oxidation sites excluding steroid dienone is 3. The molecule has 1 spiro atoms. The Labute approximate surface area is 178 Å². The molecule has 0 aliphatic carbocycles. The largest absolute Gasteiger partial charge is 0.360 e. The van der Waals surface area contributed by atoms with Crippen LogP contribution in [0.2, 0.25) is 0 Å². The Morgan fingerprint density at radius 3 is 2.60 bits per heavy atom. The number of likely N-dealkylation sites (tertiary alicyclic amines) is 1. The summed E-state index contributed by atoms with van der Waals surface area (Å²) in [6.45, 7) is 12.1. The summed E-state index contributed by atoms with van der Waals surface area (Å²) in [6.07, 6.45) is 6.58. The Morgan fingerprint density at radius 2 is 1.97 bits per heavy atom. The number of carbonyl (C=O) groups is 2. The number of morpholine rings is 1. The topological polar surface area (TPSA) is 61.9 Å². The number of benzene rings is 1. The van der Waals surface area contributed by atoms with Crippen molar-refractivity contribution in [3.8, 4) is 0 Å². The van der Waals surface area contributed by atoms with Gasteiger partial charge in [0.15, 0.2) is 0 Å². The van der Waals surface area contributed by atoms with Gasteiger partial charge in [0, 0.05) is 37.4 Å². The van der Waals surface area contributed by atoms with Crippen LogP contribution in [0.5, 0.6) is 0 Å². The summed E-state index contributed by atoms with van der Waals surface area (Å²) in [5.41, 5.74) is 1.24. The zero-order chi connectivity index (χ0) is 21.6. The van der Waals surface area contributed by atoms with Gasteiger partial charge in [-0.3, -0.25) is 9.59 Å². The van der Waals surface area contributed by atoms with Crippen molar-refractivity contribution in [2.75, 3.05) is 31.1 Å². The van der Waals surface area contributed by atoms with Crippen LogP contribution in [0.1, 0.15) is 26.2 Å². The molecule has 0 aromatic heterocycles. The van der Waals surface area contributed by atoms with Crippen LogP contribution >= 0.6 is 0 Å². The lowest BCUT2D eigenvalue weighted by Gasteiger charge is -2.49. The summed E-state index contributed by atoms with van der Waals surface area (Å²) in [4.78, 5) is 29.0. The van der Waals surface area contributed by atoms with E-state index in [1.54, 1.807) is 18.2 Å². The van der Waals surface area contributed by atoms with E-state index in [0.717, 1.165) is 31.6 Å². The molecule has 2 aliphatic rings. The van der Waals surface area contributed by atoms with Crippen LogP contribution in [0, 0.1) is 0 Å². The fourth-order valence-corrected chi connectivity index (χ4v) is 4.11. The molecule has 6 heteroatoms. The van der Waals surface area contributed by atoms with Gasteiger partial charge >= 0.3 is 0 Å². The highest BCUT2D eigenvalue weighted by molar-refractivity contribution is 5.97. The third-order valence-electron chi connectivity index (χ3n) is 5.78. The van der Waals surface area contributed by atoms with Crippen molar-refractivity contribution in [2.45, 2.75) is 37.9 Å². The Morgan fingerprint density at radius 1 is 1.27 bits per heavy atom. The minimum Gasteiger partial charge on any atom is -0.360 e. The summed E-state index contributed by atoms with van der Waals surface area (Å²) in [6, 6.07) is 9.79. The highest BCUT2D eigenvalue weighted by Gasteiger charge is 2.45. The van der Waals surface area contributed by atoms with Gasteiger partial charge in [-0.05, 0) is 44.1 Å². The van der Waals surface area contributed by atoms with Crippen molar-refractivity contribution in [1.82, 2.24) is 10.2 Å². The number of carbonyl (C=O) groups excluding carboxylic acids is 2. The third-order valence-corrected chi connectivity index (χ3v) is 5.78. The SMILES string of the molecule is C=C/C=C(\C=C)NC(=O)CCN1CCC2(CC1)CN(c1ccccc1)C(=O)C(C)O2. The number of hydrogen-bond acceptors (Lipinski definition) is 4. The lowest BCUT2D eigenvalue weighted by Crippen LogP contribution is -2.61. The van der Waals surface area contributed by atoms with E-state index in [1.807, 2.05) is 42.2 Å². The van der Waals surface area contributed by atoms with Gasteiger partial charge < -0.3 is 19.9 Å². The lowest BCUT2D eigenvalue weighted by molar-refractivity contribution is -0.161. The van der Waals surface area contributed by atoms with Gasteiger partial charge in [-0.1, -0.05) is 37.4 Å². The second kappa shape index (κ2) is 9.87. The predicted molar refractivity (Wildman–Crippen MR) is 119 cm³/mol. The number of nitrogens with one attached hydrogen (secondary N) is 1. The molecule has 0 bridgehead atoms. The first-order chi connectivity index (χ1) is 14.5. The van der Waals surface area contributed by atoms with E-state index >= 15 is 0 Å². The molecule has 1 unspecified atom stereocenters. The Kier molecular flexibility index (Phi) is 7.24. The molecule has 3 rings (SSSR count). The minimum atomic E-state index is -0.453. The van der Waals surface area contributed by atoms with Crippen molar-refractivity contribution >= 4 is 17.5 Å². The van der Waals surface area contributed by atoms with Crippen LogP contribution in [0.3, 0.4) is 0 Å². The van der Waals surface area contributed by atoms with Crippen LogP contribution in [0.25, 0.3) is 0 Å². The van der Waals surface area contributed by atoms with Crippen molar-refractivity contribution in [1.29, 1.82) is 0 Å². The molecule has 6 nitrogen and oxygen atoms in total. The molecule has 0 radical (unpaired) electrons. The van der Waals surface area contributed by atoms with Crippen LogP contribution in [0.15, 0.2) is 67.4 Å². The maximum absolute atomic E-state index is 12.7. The Bertz CT molecular complexity index is 810. The average Bonchev–Trinajstić information content (AvgIpc) is 2.76. The maximum Gasteiger partial charge on any atom is 0.255 e. The van der Waals surface area contributed by atoms with E-state index in [4.69, 9.17) is 4.74 Å². The van der Waals surface area contributed by atoms with E-state index in [1.165, 1.54) is 0 Å². The summed E-state index contributed by atoms with van der Waals surface area (Å²) >= 11 is 0. The molecule has 30 heavy (non-hydrogen) atoms. The molecule has 1 aromatic carbocycles. The zero-order valence-electron chi connectivity index (χ0n) is 17.7. The molecule has 2 heterocycles. The minimum absolute atomic E-state index is 0.0107. The van der Waals surface area contributed by atoms with Gasteiger partial charge in [0.1, 0.15) is 6.10 Å². The van der Waals surface area contributed by atoms with E-state index < -0.39 is 6.10 Å². The van der Waals surface area contributed by atoms with Crippen LogP contribution in [-0.4, -0.2) is 54.6 Å². The van der Waals surface area contributed by atoms with E-state index in [0.29, 0.717) is 25.2 Å². The number of para-hydroxylation sites is 1. The van der Waals surface area contributed by atoms with Crippen molar-refractivity contribution in [2.24, 2.45) is 0 Å². The van der Waals surface area contributed by atoms with Crippen molar-refractivity contribution in [3.05, 3.63) is 67.4 Å². The highest BCUT2D eigenvalue weighted by Crippen LogP contribution is 2.34. The molecule has 2 amide bonds. The number of rotatable bonds is 7. The third kappa shape index (κ3) is 5.26. The van der Waals surface area contributed by atoms with Crippen LogP contribution < -0.4 is 10.2 Å². The highest BCUT2D eigenvalue weighted by atomic mass is 16.5. The second-order valence-electron chi connectivity index (χ2n) is 7.90. The number of ether oxygens (including phenoxy) is 1. The van der Waals surface area contributed by atoms with Gasteiger partial charge in [-0.2, -0.15) is 0 Å². The Hall–Kier alpha value is -2.70. The summed E-state index contributed by atoms with van der Waals surface area (Å²) in [7, 11) is 0. The summed E-state index contributed by atoms with van der Waals surface area (Å²) < 4.78 is 6.22. The fraction of sp³-hybridized carbons (Fsp3) is 0.417. The van der Waals surface area contributed by atoms with Gasteiger partial charge in [-0.15, -0.1) is 0 Å². The molecule has 1 N–H and O–H groups in total. The first kappa shape index (κ1) is 22.0. The number of amides is 2. The second-order valence-corrected chi connectivity index (χ2v) is 7.90. The molecule has 2 saturated heterocycles. The van der Waals surface area contributed by atoms with E-state index in [9.17, 15) is 9.59 Å². The Balaban J connectivity index is 1.54. The molecular formula is C24H31N3O3. The average molecular weight is 410 g/mol. The van der Waals surface area contributed by atoms with Crippen molar-refractivity contribution < 1.29 is 14.3 Å². The fourth-order valence-electron chi connectivity index (χ4n) is 4.11. The molecule has 160 valence electrons. The zero-order valence-corrected chi connectivity index (χ0v) is 17.7. The smallest absolute Gasteiger partial charge is 0.255 e. The molecular weight excluding hydrogens is 378 g/mol. The molecule has 1 aromatic rings. The van der Waals surface area contributed by atoms with Crippen LogP contribution in [0.4, 0.5) is 5.69 Å². The number of nitrogens with zero attached hydrogens (tertiary/aromatic N) is 2. The van der Waals surface area contributed by atoms with Gasteiger partial charge in [0.05, 0.1) is 12.1 Å². The first-order valence-electron chi connectivity index (χ1n) is 10.5. The number of hydrogen-bond donors (Lipinski definition) is 1. The normalized spacial score (nSPS) is 22.0. The summed E-state index contributed by atoms with van der Waals surface area (Å²) in [5.74, 6) is -0.0248. The number of anilines is 1. The van der Waals surface area contributed by atoms with Gasteiger partial charge in [0.25, 0.3) is 5.91 Å². The van der Waals surface area contributed by atoms with Crippen molar-refractivity contribution in [3.63, 3.8) is 0 Å².